The van der Waals surface area contributed by atoms with Gasteiger partial charge in [0.25, 0.3) is 5.91 Å². The summed E-state index contributed by atoms with van der Waals surface area (Å²) in [6, 6.07) is -0.464. The van der Waals surface area contributed by atoms with Gasteiger partial charge in [-0.15, -0.1) is 0 Å². The summed E-state index contributed by atoms with van der Waals surface area (Å²) in [7, 11) is 0. The zero-order valence-corrected chi connectivity index (χ0v) is 7.00. The van der Waals surface area contributed by atoms with Gasteiger partial charge >= 0.3 is 6.03 Å². The molecule has 0 aliphatic carbocycles. The first kappa shape index (κ1) is 8.25. The summed E-state index contributed by atoms with van der Waals surface area (Å²) in [5, 5.41) is 4.54. The quantitative estimate of drug-likeness (QED) is 0.439. The van der Waals surface area contributed by atoms with Crippen LogP contribution in [-0.2, 0) is 9.53 Å². The van der Waals surface area contributed by atoms with Crippen molar-refractivity contribution in [2.45, 2.75) is 18.9 Å². The number of nitrogens with one attached hydrogen (secondary N) is 2. The minimum absolute atomic E-state index is 0.0286. The fourth-order valence-corrected chi connectivity index (χ4v) is 1.42. The second-order valence-electron chi connectivity index (χ2n) is 3.04. The summed E-state index contributed by atoms with van der Waals surface area (Å²) in [6.45, 7) is 0.726. The van der Waals surface area contributed by atoms with Crippen LogP contribution < -0.4 is 10.6 Å². The van der Waals surface area contributed by atoms with Crippen LogP contribution in [0.4, 0.5) is 4.79 Å². The van der Waals surface area contributed by atoms with Gasteiger partial charge in [-0.2, -0.15) is 0 Å². The van der Waals surface area contributed by atoms with Gasteiger partial charge in [-0.25, -0.2) is 4.79 Å². The second-order valence-corrected chi connectivity index (χ2v) is 3.04. The molecule has 2 aliphatic rings. The Labute approximate surface area is 75.1 Å². The van der Waals surface area contributed by atoms with Gasteiger partial charge in [-0.3, -0.25) is 10.1 Å². The molecule has 2 heterocycles. The Morgan fingerprint density at radius 3 is 2.77 bits per heavy atom. The molecule has 0 bridgehead atoms. The van der Waals surface area contributed by atoms with Gasteiger partial charge < -0.3 is 10.1 Å². The molecule has 5 nitrogen and oxygen atoms in total. The summed E-state index contributed by atoms with van der Waals surface area (Å²) in [6.07, 6.45) is 3.54. The second kappa shape index (κ2) is 3.18. The van der Waals surface area contributed by atoms with E-state index in [2.05, 4.69) is 10.6 Å². The highest BCUT2D eigenvalue weighted by Gasteiger charge is 2.25. The number of hydrogen-bond acceptors (Lipinski definition) is 3. The number of hydrogen-bond donors (Lipinski definition) is 2. The smallest absolute Gasteiger partial charge is 0.326 e. The third-order valence-corrected chi connectivity index (χ3v) is 2.04. The lowest BCUT2D eigenvalue weighted by Gasteiger charge is -2.02. The van der Waals surface area contributed by atoms with Gasteiger partial charge in [0.15, 0.2) is 0 Å². The first-order valence-electron chi connectivity index (χ1n) is 4.21. The molecule has 1 unspecified atom stereocenters. The highest BCUT2D eigenvalue weighted by Crippen LogP contribution is 2.14. The maximum absolute atomic E-state index is 11.1. The maximum atomic E-state index is 11.1. The lowest BCUT2D eigenvalue weighted by Crippen LogP contribution is -2.22. The molecule has 2 rings (SSSR count). The van der Waals surface area contributed by atoms with E-state index < -0.39 is 6.03 Å². The minimum atomic E-state index is -0.464. The van der Waals surface area contributed by atoms with Gasteiger partial charge in [0.2, 0.25) is 0 Å². The average Bonchev–Trinajstić information content (AvgIpc) is 2.63. The first-order valence-corrected chi connectivity index (χ1v) is 4.21. The summed E-state index contributed by atoms with van der Waals surface area (Å²) >= 11 is 0. The van der Waals surface area contributed by atoms with Crippen molar-refractivity contribution in [3.05, 3.63) is 11.8 Å². The molecule has 1 atom stereocenters. The van der Waals surface area contributed by atoms with Crippen LogP contribution in [-0.4, -0.2) is 24.6 Å². The van der Waals surface area contributed by atoms with Crippen molar-refractivity contribution in [1.82, 2.24) is 10.6 Å². The summed E-state index contributed by atoms with van der Waals surface area (Å²) < 4.78 is 5.29. The molecule has 0 aromatic carbocycles. The topological polar surface area (TPSA) is 67.4 Å². The number of carbonyl (C=O) groups excluding carboxylic acids is 2. The van der Waals surface area contributed by atoms with Crippen LogP contribution >= 0.6 is 0 Å². The van der Waals surface area contributed by atoms with Crippen molar-refractivity contribution in [1.29, 1.82) is 0 Å². The summed E-state index contributed by atoms with van der Waals surface area (Å²) in [4.78, 5) is 21.8. The predicted octanol–water partition coefficient (Wildman–Crippen LogP) is -0.111. The summed E-state index contributed by atoms with van der Waals surface area (Å²) in [5.74, 6) is -0.375. The maximum Gasteiger partial charge on any atom is 0.326 e. The molecule has 3 amide bonds. The average molecular weight is 182 g/mol. The van der Waals surface area contributed by atoms with Crippen molar-refractivity contribution < 1.29 is 14.3 Å². The lowest BCUT2D eigenvalue weighted by molar-refractivity contribution is -0.115. The van der Waals surface area contributed by atoms with Gasteiger partial charge in [0, 0.05) is 6.61 Å². The van der Waals surface area contributed by atoms with Crippen LogP contribution in [0.1, 0.15) is 12.8 Å². The molecule has 13 heavy (non-hydrogen) atoms. The largest absolute Gasteiger partial charge is 0.374 e. The molecule has 5 heteroatoms. The molecule has 2 saturated heterocycles. The molecule has 70 valence electrons. The zero-order chi connectivity index (χ0) is 9.26. The molecule has 0 saturated carbocycles. The van der Waals surface area contributed by atoms with Gasteiger partial charge in [0.05, 0.1) is 6.10 Å². The molecule has 0 aromatic heterocycles. The van der Waals surface area contributed by atoms with Crippen molar-refractivity contribution in [3.63, 3.8) is 0 Å². The minimum Gasteiger partial charge on any atom is -0.374 e. The molecular weight excluding hydrogens is 172 g/mol. The number of rotatable bonds is 1. The molecule has 0 spiro atoms. The van der Waals surface area contributed by atoms with E-state index in [0.29, 0.717) is 5.70 Å². The highest BCUT2D eigenvalue weighted by atomic mass is 16.5. The summed E-state index contributed by atoms with van der Waals surface area (Å²) in [5.41, 5.74) is 0.303. The Kier molecular flexibility index (Phi) is 2.02. The number of urea groups is 1. The van der Waals surface area contributed by atoms with E-state index >= 15 is 0 Å². The van der Waals surface area contributed by atoms with E-state index in [-0.39, 0.29) is 12.0 Å². The number of ether oxygens (including phenoxy) is 1. The Morgan fingerprint density at radius 2 is 2.23 bits per heavy atom. The monoisotopic (exact) mass is 182 g/mol. The van der Waals surface area contributed by atoms with Gasteiger partial charge in [-0.05, 0) is 18.9 Å². The number of carbonyl (C=O) groups is 2. The molecule has 0 aromatic rings. The van der Waals surface area contributed by atoms with Crippen LogP contribution in [0.2, 0.25) is 0 Å². The van der Waals surface area contributed by atoms with E-state index in [1.165, 1.54) is 0 Å². The van der Waals surface area contributed by atoms with Gasteiger partial charge in [0.1, 0.15) is 5.70 Å². The Morgan fingerprint density at radius 1 is 1.38 bits per heavy atom. The molecule has 2 N–H and O–H groups in total. The third kappa shape index (κ3) is 1.70. The van der Waals surface area contributed by atoms with Crippen LogP contribution in [0.5, 0.6) is 0 Å². The zero-order valence-electron chi connectivity index (χ0n) is 7.00. The normalized spacial score (nSPS) is 30.8. The Bertz CT molecular complexity index is 279. The van der Waals surface area contributed by atoms with Crippen molar-refractivity contribution >= 4 is 11.9 Å². The van der Waals surface area contributed by atoms with Crippen LogP contribution in [0, 0.1) is 0 Å². The molecule has 0 radical (unpaired) electrons. The van der Waals surface area contributed by atoms with Crippen molar-refractivity contribution in [3.8, 4) is 0 Å². The number of amides is 3. The predicted molar refractivity (Wildman–Crippen MR) is 43.7 cm³/mol. The lowest BCUT2D eigenvalue weighted by atomic mass is 10.2. The van der Waals surface area contributed by atoms with Crippen LogP contribution in [0.3, 0.4) is 0 Å². The number of imide groups is 1. The van der Waals surface area contributed by atoms with Crippen molar-refractivity contribution in [2.24, 2.45) is 0 Å². The SMILES string of the molecule is O=C1NC(=O)/C(=C/C2CCCO2)N1. The van der Waals surface area contributed by atoms with Crippen LogP contribution in [0.15, 0.2) is 11.8 Å². The standard InChI is InChI=1S/C8H10N2O3/c11-7-6(9-8(12)10-7)4-5-2-1-3-13-5/h4-5H,1-3H2,(H2,9,10,11,12)/b6-4-. The first-order chi connectivity index (χ1) is 6.25. The fourth-order valence-electron chi connectivity index (χ4n) is 1.42. The molecule has 2 fully saturated rings. The van der Waals surface area contributed by atoms with E-state index in [1.54, 1.807) is 6.08 Å². The van der Waals surface area contributed by atoms with E-state index in [1.807, 2.05) is 0 Å². The molecular formula is C8H10N2O3. The highest BCUT2D eigenvalue weighted by molar-refractivity contribution is 6.11. The van der Waals surface area contributed by atoms with E-state index in [0.717, 1.165) is 19.4 Å². The van der Waals surface area contributed by atoms with Crippen molar-refractivity contribution in [2.75, 3.05) is 6.61 Å². The van der Waals surface area contributed by atoms with E-state index in [9.17, 15) is 9.59 Å². The Hall–Kier alpha value is -1.36. The Balaban J connectivity index is 2.06. The third-order valence-electron chi connectivity index (χ3n) is 2.04. The van der Waals surface area contributed by atoms with E-state index in [4.69, 9.17) is 4.74 Å². The fraction of sp³-hybridized carbons (Fsp3) is 0.500. The van der Waals surface area contributed by atoms with Gasteiger partial charge in [-0.1, -0.05) is 0 Å². The van der Waals surface area contributed by atoms with Crippen LogP contribution in [0.25, 0.3) is 0 Å². The molecule has 2 aliphatic heterocycles.